The number of carbonyl (C=O) groups excluding carboxylic acids is 2. The average molecular weight is 395 g/mol. The first-order valence-corrected chi connectivity index (χ1v) is 10.2. The predicted molar refractivity (Wildman–Crippen MR) is 111 cm³/mol. The van der Waals surface area contributed by atoms with Gasteiger partial charge in [-0.05, 0) is 49.8 Å². The third-order valence-corrected chi connectivity index (χ3v) is 5.88. The number of anilines is 1. The fourth-order valence-corrected chi connectivity index (χ4v) is 3.70. The molecular weight excluding hydrogens is 368 g/mol. The average Bonchev–Trinajstić information content (AvgIpc) is 2.61. The molecule has 0 saturated carbocycles. The van der Waals surface area contributed by atoms with Crippen LogP contribution in [0.15, 0.2) is 18.2 Å². The van der Waals surface area contributed by atoms with Crippen LogP contribution in [0.4, 0.5) is 5.69 Å². The number of nitrogens with one attached hydrogen (secondary N) is 1. The highest BCUT2D eigenvalue weighted by molar-refractivity contribution is 8.23. The first-order valence-electron chi connectivity index (χ1n) is 8.79. The van der Waals surface area contributed by atoms with E-state index in [0.717, 1.165) is 53.0 Å². The molecule has 5 nitrogen and oxygen atoms in total. The molecule has 1 aromatic carbocycles. The smallest absolute Gasteiger partial charge is 0.316 e. The third kappa shape index (κ3) is 6.61. The number of thioether (sulfide) groups is 1. The topological polar surface area (TPSA) is 58.6 Å². The number of rotatable bonds is 5. The number of nitrogens with zero attached hydrogens (tertiary/aromatic N) is 1. The lowest BCUT2D eigenvalue weighted by Crippen LogP contribution is -2.36. The number of amides is 1. The Hall–Kier alpha value is -1.60. The molecule has 1 fully saturated rings. The molecule has 0 radical (unpaired) electrons. The molecule has 0 spiro atoms. The number of likely N-dealkylation sites (tertiary alicyclic amines) is 1. The van der Waals surface area contributed by atoms with Crippen LogP contribution in [0.2, 0.25) is 0 Å². The summed E-state index contributed by atoms with van der Waals surface area (Å²) in [6, 6.07) is 5.81. The minimum atomic E-state index is -0.432. The standard InChI is InChI=1S/C19H26N2O3S2/c1-13-6-8-21(9-7-13)19(25)26-12-18(23)24-11-17(22)20-16-10-14(2)4-5-15(16)3/h4-5,10,13H,6-9,11-12H2,1-3H3,(H,20,22). The maximum absolute atomic E-state index is 12.0. The Kier molecular flexibility index (Phi) is 7.90. The van der Waals surface area contributed by atoms with Crippen molar-refractivity contribution in [3.63, 3.8) is 0 Å². The lowest BCUT2D eigenvalue weighted by Gasteiger charge is -2.31. The van der Waals surface area contributed by atoms with Gasteiger partial charge < -0.3 is 15.0 Å². The molecule has 1 N–H and O–H groups in total. The largest absolute Gasteiger partial charge is 0.455 e. The number of ether oxygens (including phenoxy) is 1. The van der Waals surface area contributed by atoms with Crippen molar-refractivity contribution in [1.82, 2.24) is 4.90 Å². The Morgan fingerprint density at radius 3 is 2.69 bits per heavy atom. The van der Waals surface area contributed by atoms with Crippen LogP contribution in [0.25, 0.3) is 0 Å². The van der Waals surface area contributed by atoms with E-state index in [1.807, 2.05) is 32.0 Å². The van der Waals surface area contributed by atoms with E-state index in [1.165, 1.54) is 11.8 Å². The van der Waals surface area contributed by atoms with Crippen LogP contribution >= 0.6 is 24.0 Å². The minimum Gasteiger partial charge on any atom is -0.455 e. The fourth-order valence-electron chi connectivity index (χ4n) is 2.65. The molecule has 1 heterocycles. The highest BCUT2D eigenvalue weighted by Gasteiger charge is 2.19. The maximum Gasteiger partial charge on any atom is 0.316 e. The van der Waals surface area contributed by atoms with Crippen LogP contribution in [0.3, 0.4) is 0 Å². The normalized spacial score (nSPS) is 14.8. The molecule has 0 unspecified atom stereocenters. The van der Waals surface area contributed by atoms with Crippen LogP contribution in [-0.4, -0.2) is 46.5 Å². The second-order valence-corrected chi connectivity index (χ2v) is 8.36. The van der Waals surface area contributed by atoms with E-state index >= 15 is 0 Å². The first-order chi connectivity index (χ1) is 12.3. The van der Waals surface area contributed by atoms with Crippen molar-refractivity contribution in [3.05, 3.63) is 29.3 Å². The predicted octanol–water partition coefficient (Wildman–Crippen LogP) is 3.54. The van der Waals surface area contributed by atoms with Crippen molar-refractivity contribution in [2.24, 2.45) is 5.92 Å². The zero-order valence-corrected chi connectivity index (χ0v) is 17.2. The van der Waals surface area contributed by atoms with Gasteiger partial charge in [0.1, 0.15) is 4.32 Å². The van der Waals surface area contributed by atoms with E-state index in [1.54, 1.807) is 0 Å². The number of benzene rings is 1. The van der Waals surface area contributed by atoms with Gasteiger partial charge in [0.15, 0.2) is 6.61 Å². The van der Waals surface area contributed by atoms with Gasteiger partial charge in [0.05, 0.1) is 5.75 Å². The Bertz CT molecular complexity index is 671. The molecule has 7 heteroatoms. The van der Waals surface area contributed by atoms with Gasteiger partial charge in [0.2, 0.25) is 0 Å². The quantitative estimate of drug-likeness (QED) is 0.609. The molecule has 1 aliphatic heterocycles. The van der Waals surface area contributed by atoms with E-state index in [2.05, 4.69) is 17.1 Å². The van der Waals surface area contributed by atoms with Crippen LogP contribution in [0.1, 0.15) is 30.9 Å². The summed E-state index contributed by atoms with van der Waals surface area (Å²) in [5, 5.41) is 2.77. The van der Waals surface area contributed by atoms with E-state index in [9.17, 15) is 9.59 Å². The maximum atomic E-state index is 12.0. The number of piperidine rings is 1. The van der Waals surface area contributed by atoms with Crippen LogP contribution in [0.5, 0.6) is 0 Å². The van der Waals surface area contributed by atoms with Crippen molar-refractivity contribution in [1.29, 1.82) is 0 Å². The zero-order chi connectivity index (χ0) is 19.1. The molecule has 1 saturated heterocycles. The summed E-state index contributed by atoms with van der Waals surface area (Å²) in [7, 11) is 0. The van der Waals surface area contributed by atoms with Crippen LogP contribution in [0, 0.1) is 19.8 Å². The Balaban J connectivity index is 1.68. The molecule has 0 bridgehead atoms. The monoisotopic (exact) mass is 394 g/mol. The molecule has 1 aromatic rings. The fraction of sp³-hybridized carbons (Fsp3) is 0.526. The third-order valence-electron chi connectivity index (χ3n) is 4.39. The minimum absolute atomic E-state index is 0.127. The highest BCUT2D eigenvalue weighted by atomic mass is 32.2. The number of esters is 1. The SMILES string of the molecule is Cc1ccc(C)c(NC(=O)COC(=O)CSC(=S)N2CCC(C)CC2)c1. The van der Waals surface area contributed by atoms with Crippen molar-refractivity contribution in [2.45, 2.75) is 33.6 Å². The number of carbonyl (C=O) groups is 2. The number of hydrogen-bond acceptors (Lipinski definition) is 5. The highest BCUT2D eigenvalue weighted by Crippen LogP contribution is 2.20. The summed E-state index contributed by atoms with van der Waals surface area (Å²) in [6.07, 6.45) is 2.26. The molecule has 142 valence electrons. The van der Waals surface area contributed by atoms with Gasteiger partial charge in [-0.2, -0.15) is 0 Å². The van der Waals surface area contributed by atoms with E-state index < -0.39 is 5.97 Å². The van der Waals surface area contributed by atoms with Gasteiger partial charge in [0.25, 0.3) is 5.91 Å². The zero-order valence-electron chi connectivity index (χ0n) is 15.5. The van der Waals surface area contributed by atoms with Gasteiger partial charge >= 0.3 is 5.97 Å². The Morgan fingerprint density at radius 2 is 2.00 bits per heavy atom. The van der Waals surface area contributed by atoms with Crippen molar-refractivity contribution < 1.29 is 14.3 Å². The van der Waals surface area contributed by atoms with Gasteiger partial charge in [-0.15, -0.1) is 0 Å². The lowest BCUT2D eigenvalue weighted by atomic mass is 10.00. The summed E-state index contributed by atoms with van der Waals surface area (Å²) in [6.45, 7) is 7.72. The number of aryl methyl sites for hydroxylation is 2. The second-order valence-electron chi connectivity index (χ2n) is 6.75. The Labute approximate surface area is 164 Å². The molecule has 1 aliphatic rings. The molecule has 26 heavy (non-hydrogen) atoms. The van der Waals surface area contributed by atoms with Crippen molar-refractivity contribution in [3.8, 4) is 0 Å². The van der Waals surface area contributed by atoms with Crippen molar-refractivity contribution >= 4 is 45.9 Å². The molecule has 0 atom stereocenters. The summed E-state index contributed by atoms with van der Waals surface area (Å²) in [5.41, 5.74) is 2.76. The molecule has 0 aromatic heterocycles. The van der Waals surface area contributed by atoms with E-state index in [4.69, 9.17) is 17.0 Å². The summed E-state index contributed by atoms with van der Waals surface area (Å²) in [4.78, 5) is 26.0. The Morgan fingerprint density at radius 1 is 1.31 bits per heavy atom. The second kappa shape index (κ2) is 9.92. The number of hydrogen-bond donors (Lipinski definition) is 1. The molecule has 1 amide bonds. The molecule has 0 aliphatic carbocycles. The summed E-state index contributed by atoms with van der Waals surface area (Å²) >= 11 is 6.69. The van der Waals surface area contributed by atoms with Gasteiger partial charge in [0, 0.05) is 18.8 Å². The summed E-state index contributed by atoms with van der Waals surface area (Å²) < 4.78 is 5.78. The lowest BCUT2D eigenvalue weighted by molar-refractivity contribution is -0.144. The number of thiocarbonyl (C=S) groups is 1. The molecule has 2 rings (SSSR count). The first kappa shape index (κ1) is 20.7. The summed E-state index contributed by atoms with van der Waals surface area (Å²) in [5.74, 6) is 0.0878. The van der Waals surface area contributed by atoms with Gasteiger partial charge in [-0.25, -0.2) is 0 Å². The molecular formula is C19H26N2O3S2. The van der Waals surface area contributed by atoms with Gasteiger partial charge in [-0.1, -0.05) is 43.0 Å². The van der Waals surface area contributed by atoms with Crippen molar-refractivity contribution in [2.75, 3.05) is 30.8 Å². The van der Waals surface area contributed by atoms with Crippen LogP contribution < -0.4 is 5.32 Å². The van der Waals surface area contributed by atoms with Gasteiger partial charge in [-0.3, -0.25) is 9.59 Å². The van der Waals surface area contributed by atoms with E-state index in [-0.39, 0.29) is 18.3 Å². The van der Waals surface area contributed by atoms with Crippen LogP contribution in [-0.2, 0) is 14.3 Å². The van der Waals surface area contributed by atoms with E-state index in [0.29, 0.717) is 0 Å².